The van der Waals surface area contributed by atoms with E-state index in [1.165, 1.54) is 18.9 Å². The third kappa shape index (κ3) is 7.29. The Morgan fingerprint density at radius 2 is 2.16 bits per heavy atom. The van der Waals surface area contributed by atoms with Crippen molar-refractivity contribution < 1.29 is 4.39 Å². The fourth-order valence-electron chi connectivity index (χ4n) is 1.52. The van der Waals surface area contributed by atoms with Gasteiger partial charge in [0.1, 0.15) is 5.82 Å². The lowest BCUT2D eigenvalue weighted by Crippen LogP contribution is -2.37. The minimum absolute atomic E-state index is 0. The molecule has 1 heterocycles. The molecule has 0 unspecified atom stereocenters. The van der Waals surface area contributed by atoms with Gasteiger partial charge >= 0.3 is 0 Å². The van der Waals surface area contributed by atoms with Crippen molar-refractivity contribution >= 4 is 29.9 Å². The van der Waals surface area contributed by atoms with Gasteiger partial charge in [-0.2, -0.15) is 0 Å². The zero-order valence-electron chi connectivity index (χ0n) is 11.4. The van der Waals surface area contributed by atoms with Gasteiger partial charge in [-0.25, -0.2) is 4.39 Å². The first-order valence-electron chi connectivity index (χ1n) is 6.31. The van der Waals surface area contributed by atoms with Gasteiger partial charge in [-0.3, -0.25) is 9.98 Å². The molecule has 1 aromatic heterocycles. The molecular weight excluding hydrogens is 358 g/mol. The molecule has 0 aliphatic rings. The molecule has 0 fully saturated rings. The summed E-state index contributed by atoms with van der Waals surface area (Å²) >= 11 is 0. The summed E-state index contributed by atoms with van der Waals surface area (Å²) < 4.78 is 13.3. The molecule has 0 aliphatic carbocycles. The number of hydrogen-bond acceptors (Lipinski definition) is 2. The third-order valence-electron chi connectivity index (χ3n) is 2.55. The summed E-state index contributed by atoms with van der Waals surface area (Å²) in [6.45, 7) is 3.37. The van der Waals surface area contributed by atoms with Crippen LogP contribution in [0.3, 0.4) is 0 Å². The number of pyridine rings is 1. The van der Waals surface area contributed by atoms with Crippen molar-refractivity contribution in [3.8, 4) is 0 Å². The number of aliphatic imine (C=N–C) groups is 1. The van der Waals surface area contributed by atoms with E-state index in [4.69, 9.17) is 0 Å². The SMILES string of the molecule is CCCCCNC(=NC)NCc1ncccc1F.I. The van der Waals surface area contributed by atoms with Crippen LogP contribution in [0.25, 0.3) is 0 Å². The van der Waals surface area contributed by atoms with Gasteiger partial charge in [0, 0.05) is 19.8 Å². The molecule has 0 bridgehead atoms. The molecule has 0 amide bonds. The molecule has 0 aromatic carbocycles. The lowest BCUT2D eigenvalue weighted by Gasteiger charge is -2.11. The molecule has 4 nitrogen and oxygen atoms in total. The summed E-state index contributed by atoms with van der Waals surface area (Å²) in [5.74, 6) is 0.377. The predicted octanol–water partition coefficient (Wildman–Crippen LogP) is 2.69. The molecule has 0 saturated carbocycles. The first kappa shape index (κ1) is 18.1. The lowest BCUT2D eigenvalue weighted by atomic mass is 10.2. The fourth-order valence-corrected chi connectivity index (χ4v) is 1.52. The van der Waals surface area contributed by atoms with E-state index in [2.05, 4.69) is 27.5 Å². The molecule has 2 N–H and O–H groups in total. The van der Waals surface area contributed by atoms with Crippen molar-refractivity contribution in [2.24, 2.45) is 4.99 Å². The van der Waals surface area contributed by atoms with Crippen molar-refractivity contribution in [3.05, 3.63) is 29.8 Å². The molecule has 6 heteroatoms. The number of guanidine groups is 1. The zero-order valence-corrected chi connectivity index (χ0v) is 13.8. The largest absolute Gasteiger partial charge is 0.356 e. The van der Waals surface area contributed by atoms with Crippen LogP contribution >= 0.6 is 24.0 Å². The topological polar surface area (TPSA) is 49.3 Å². The highest BCUT2D eigenvalue weighted by Crippen LogP contribution is 2.01. The van der Waals surface area contributed by atoms with Crippen LogP contribution in [0.15, 0.2) is 23.3 Å². The Bertz CT molecular complexity index is 385. The van der Waals surface area contributed by atoms with Crippen molar-refractivity contribution in [2.45, 2.75) is 32.7 Å². The second-order valence-electron chi connectivity index (χ2n) is 3.99. The van der Waals surface area contributed by atoms with E-state index < -0.39 is 0 Å². The van der Waals surface area contributed by atoms with Crippen molar-refractivity contribution in [2.75, 3.05) is 13.6 Å². The maximum atomic E-state index is 13.3. The van der Waals surface area contributed by atoms with E-state index in [0.29, 0.717) is 18.2 Å². The Morgan fingerprint density at radius 3 is 2.79 bits per heavy atom. The quantitative estimate of drug-likeness (QED) is 0.345. The molecule has 0 spiro atoms. The second-order valence-corrected chi connectivity index (χ2v) is 3.99. The van der Waals surface area contributed by atoms with Gasteiger partial charge in [-0.05, 0) is 18.6 Å². The molecular formula is C13H22FIN4. The van der Waals surface area contributed by atoms with Gasteiger partial charge in [0.25, 0.3) is 0 Å². The highest BCUT2D eigenvalue weighted by atomic mass is 127. The van der Waals surface area contributed by atoms with E-state index >= 15 is 0 Å². The Kier molecular flexibility index (Phi) is 10.4. The summed E-state index contributed by atoms with van der Waals surface area (Å²) in [4.78, 5) is 8.05. The molecule has 0 radical (unpaired) electrons. The number of halogens is 2. The van der Waals surface area contributed by atoms with Gasteiger partial charge in [0.15, 0.2) is 5.96 Å². The minimum Gasteiger partial charge on any atom is -0.356 e. The van der Waals surface area contributed by atoms with E-state index in [1.54, 1.807) is 19.3 Å². The summed E-state index contributed by atoms with van der Waals surface area (Å²) in [6, 6.07) is 2.98. The number of rotatable bonds is 6. The third-order valence-corrected chi connectivity index (χ3v) is 2.55. The summed E-state index contributed by atoms with van der Waals surface area (Å²) in [6.07, 6.45) is 5.07. The van der Waals surface area contributed by atoms with Crippen LogP contribution < -0.4 is 10.6 Å². The molecule has 1 rings (SSSR count). The van der Waals surface area contributed by atoms with E-state index in [9.17, 15) is 4.39 Å². The highest BCUT2D eigenvalue weighted by molar-refractivity contribution is 14.0. The first-order chi connectivity index (χ1) is 8.77. The molecule has 0 saturated heterocycles. The smallest absolute Gasteiger partial charge is 0.191 e. The second kappa shape index (κ2) is 11.0. The summed E-state index contributed by atoms with van der Waals surface area (Å²) in [5, 5.41) is 6.22. The lowest BCUT2D eigenvalue weighted by molar-refractivity contribution is 0.592. The standard InChI is InChI=1S/C13H21FN4.HI/c1-3-4-5-8-17-13(15-2)18-10-12-11(14)7-6-9-16-12;/h6-7,9H,3-5,8,10H2,1-2H3,(H2,15,17,18);1H. The average Bonchev–Trinajstić information content (AvgIpc) is 2.40. The van der Waals surface area contributed by atoms with Crippen LogP contribution in [0.2, 0.25) is 0 Å². The zero-order chi connectivity index (χ0) is 13.2. The van der Waals surface area contributed by atoms with Crippen LogP contribution in [0.1, 0.15) is 31.9 Å². The van der Waals surface area contributed by atoms with E-state index in [0.717, 1.165) is 13.0 Å². The number of hydrogen-bond donors (Lipinski definition) is 2. The van der Waals surface area contributed by atoms with Crippen LogP contribution in [0, 0.1) is 5.82 Å². The van der Waals surface area contributed by atoms with Crippen molar-refractivity contribution in [1.82, 2.24) is 15.6 Å². The monoisotopic (exact) mass is 380 g/mol. The summed E-state index contributed by atoms with van der Waals surface area (Å²) in [5.41, 5.74) is 0.397. The van der Waals surface area contributed by atoms with Gasteiger partial charge in [0.2, 0.25) is 0 Å². The van der Waals surface area contributed by atoms with Gasteiger partial charge in [0.05, 0.1) is 12.2 Å². The highest BCUT2D eigenvalue weighted by Gasteiger charge is 2.03. The molecule has 0 aliphatic heterocycles. The number of nitrogens with zero attached hydrogens (tertiary/aromatic N) is 2. The minimum atomic E-state index is -0.300. The van der Waals surface area contributed by atoms with Crippen LogP contribution in [-0.2, 0) is 6.54 Å². The Balaban J connectivity index is 0.00000324. The predicted molar refractivity (Wildman–Crippen MR) is 87.3 cm³/mol. The molecule has 108 valence electrons. The van der Waals surface area contributed by atoms with Crippen molar-refractivity contribution in [3.63, 3.8) is 0 Å². The maximum Gasteiger partial charge on any atom is 0.191 e. The van der Waals surface area contributed by atoms with Crippen LogP contribution in [0.4, 0.5) is 4.39 Å². The molecule has 0 atom stereocenters. The molecule has 1 aromatic rings. The Morgan fingerprint density at radius 1 is 1.37 bits per heavy atom. The first-order valence-corrected chi connectivity index (χ1v) is 6.31. The van der Waals surface area contributed by atoms with Gasteiger partial charge < -0.3 is 10.6 Å². The number of aromatic nitrogens is 1. The summed E-state index contributed by atoms with van der Waals surface area (Å²) in [7, 11) is 1.70. The van der Waals surface area contributed by atoms with E-state index in [1.807, 2.05) is 0 Å². The average molecular weight is 380 g/mol. The maximum absolute atomic E-state index is 13.3. The van der Waals surface area contributed by atoms with Gasteiger partial charge in [-0.15, -0.1) is 24.0 Å². The fraction of sp³-hybridized carbons (Fsp3) is 0.538. The van der Waals surface area contributed by atoms with Gasteiger partial charge in [-0.1, -0.05) is 19.8 Å². The van der Waals surface area contributed by atoms with E-state index in [-0.39, 0.29) is 29.8 Å². The normalized spacial score (nSPS) is 10.8. The number of nitrogens with one attached hydrogen (secondary N) is 2. The number of unbranched alkanes of at least 4 members (excludes halogenated alkanes) is 2. The Labute approximate surface area is 131 Å². The van der Waals surface area contributed by atoms with Crippen LogP contribution in [-0.4, -0.2) is 24.5 Å². The molecule has 19 heavy (non-hydrogen) atoms. The van der Waals surface area contributed by atoms with Crippen LogP contribution in [0.5, 0.6) is 0 Å². The van der Waals surface area contributed by atoms with Crippen molar-refractivity contribution in [1.29, 1.82) is 0 Å². The Hall–Kier alpha value is -0.920.